The molecule has 2 saturated heterocycles. The molecule has 224 valence electrons. The Balaban J connectivity index is 1.42. The lowest BCUT2D eigenvalue weighted by Crippen LogP contribution is -2.58. The molecule has 3 aliphatic rings. The molecule has 2 fully saturated rings. The van der Waals surface area contributed by atoms with Gasteiger partial charge in [-0.1, -0.05) is 81.0 Å². The number of benzene rings is 2. The predicted molar refractivity (Wildman–Crippen MR) is 161 cm³/mol. The van der Waals surface area contributed by atoms with Crippen LogP contribution in [0.4, 0.5) is 0 Å². The lowest BCUT2D eigenvalue weighted by molar-refractivity contribution is -0.312. The number of rotatable bonds is 7. The third-order valence-corrected chi connectivity index (χ3v) is 15.4. The Labute approximate surface area is 246 Å². The summed E-state index contributed by atoms with van der Waals surface area (Å²) in [5.74, 6) is 0. The number of hydrogen-bond donors (Lipinski definition) is 0. The molecule has 7 nitrogen and oxygen atoms in total. The van der Waals surface area contributed by atoms with Crippen LogP contribution >= 0.6 is 0 Å². The molecule has 2 aromatic rings. The zero-order valence-electron chi connectivity index (χ0n) is 25.4. The van der Waals surface area contributed by atoms with Gasteiger partial charge >= 0.3 is 0 Å². The summed E-state index contributed by atoms with van der Waals surface area (Å²) in [7, 11) is -5.90. The van der Waals surface area contributed by atoms with Crippen molar-refractivity contribution in [2.45, 2.75) is 112 Å². The van der Waals surface area contributed by atoms with Gasteiger partial charge in [0.1, 0.15) is 17.8 Å². The van der Waals surface area contributed by atoms with Crippen molar-refractivity contribution in [3.05, 3.63) is 77.9 Å². The van der Waals surface area contributed by atoms with Crippen LogP contribution in [0.1, 0.15) is 58.5 Å². The van der Waals surface area contributed by atoms with Crippen LogP contribution in [0, 0.1) is 6.92 Å². The summed E-state index contributed by atoms with van der Waals surface area (Å²) in [4.78, 5) is 0.268. The molecule has 2 aromatic carbocycles. The van der Waals surface area contributed by atoms with Crippen LogP contribution in [0.15, 0.2) is 71.6 Å². The van der Waals surface area contributed by atoms with Crippen LogP contribution in [0.25, 0.3) is 0 Å². The Morgan fingerprint density at radius 1 is 0.976 bits per heavy atom. The fraction of sp³-hybridized carbons (Fsp3) is 0.562. The number of epoxide rings is 1. The fourth-order valence-electron chi connectivity index (χ4n) is 5.38. The van der Waals surface area contributed by atoms with Gasteiger partial charge in [-0.3, -0.25) is 0 Å². The third kappa shape index (κ3) is 6.13. The van der Waals surface area contributed by atoms with Crippen molar-refractivity contribution in [1.82, 2.24) is 0 Å². The van der Waals surface area contributed by atoms with Gasteiger partial charge in [0.15, 0.2) is 20.0 Å². The molecule has 9 heteroatoms. The summed E-state index contributed by atoms with van der Waals surface area (Å²) in [6, 6.07) is 16.8. The van der Waals surface area contributed by atoms with Crippen LogP contribution in [0.2, 0.25) is 18.1 Å². The summed E-state index contributed by atoms with van der Waals surface area (Å²) < 4.78 is 59.3. The predicted octanol–water partition coefficient (Wildman–Crippen LogP) is 6.49. The summed E-state index contributed by atoms with van der Waals surface area (Å²) in [5, 5.41) is -0.0316. The first kappa shape index (κ1) is 30.6. The Bertz CT molecular complexity index is 1370. The van der Waals surface area contributed by atoms with E-state index < -0.39 is 53.3 Å². The van der Waals surface area contributed by atoms with Gasteiger partial charge in [0.2, 0.25) is 9.84 Å². The van der Waals surface area contributed by atoms with Crippen LogP contribution in [-0.2, 0) is 33.2 Å². The van der Waals surface area contributed by atoms with E-state index in [-0.39, 0.29) is 16.0 Å². The third-order valence-electron chi connectivity index (χ3n) is 9.02. The molecule has 0 amide bonds. The first-order valence-corrected chi connectivity index (χ1v) is 18.8. The van der Waals surface area contributed by atoms with E-state index in [4.69, 9.17) is 23.4 Å². The highest BCUT2D eigenvalue weighted by atomic mass is 32.2. The van der Waals surface area contributed by atoms with Crippen LogP contribution < -0.4 is 0 Å². The lowest BCUT2D eigenvalue weighted by atomic mass is 9.92. The van der Waals surface area contributed by atoms with Gasteiger partial charge in [-0.05, 0) is 51.0 Å². The van der Waals surface area contributed by atoms with Crippen molar-refractivity contribution in [2.75, 3.05) is 6.61 Å². The maximum Gasteiger partial charge on any atom is 0.207 e. The van der Waals surface area contributed by atoms with Crippen LogP contribution in [-0.4, -0.2) is 58.3 Å². The van der Waals surface area contributed by atoms with E-state index in [1.807, 2.05) is 57.2 Å². The summed E-state index contributed by atoms with van der Waals surface area (Å²) in [5.41, 5.74) is -0.689. The highest BCUT2D eigenvalue weighted by Gasteiger charge is 2.58. The van der Waals surface area contributed by atoms with E-state index in [0.717, 1.165) is 11.1 Å². The van der Waals surface area contributed by atoms with Crippen LogP contribution in [0.3, 0.4) is 0 Å². The quantitative estimate of drug-likeness (QED) is 0.204. The summed E-state index contributed by atoms with van der Waals surface area (Å²) in [6.07, 6.45) is 2.58. The molecule has 3 heterocycles. The highest BCUT2D eigenvalue weighted by molar-refractivity contribution is 7.92. The van der Waals surface area contributed by atoms with Crippen molar-refractivity contribution in [3.8, 4) is 0 Å². The van der Waals surface area contributed by atoms with Crippen molar-refractivity contribution < 1.29 is 31.8 Å². The van der Waals surface area contributed by atoms with Crippen LogP contribution in [0.5, 0.6) is 0 Å². The molecule has 7 atom stereocenters. The smallest absolute Gasteiger partial charge is 0.207 e. The van der Waals surface area contributed by atoms with E-state index in [1.54, 1.807) is 24.3 Å². The number of fused-ring (bicyclic) bond motifs is 1. The molecular weight excluding hydrogens is 556 g/mol. The van der Waals surface area contributed by atoms with Gasteiger partial charge in [0, 0.05) is 12.0 Å². The monoisotopic (exact) mass is 600 g/mol. The van der Waals surface area contributed by atoms with Gasteiger partial charge in [-0.15, -0.1) is 0 Å². The van der Waals surface area contributed by atoms with Gasteiger partial charge in [-0.25, -0.2) is 8.42 Å². The second kappa shape index (κ2) is 10.7. The van der Waals surface area contributed by atoms with Crippen molar-refractivity contribution >= 4 is 18.2 Å². The molecule has 0 saturated carbocycles. The second-order valence-electron chi connectivity index (χ2n) is 13.6. The standard InChI is InChI=1S/C32H44O7SSi/c1-22-14-16-24(17-15-22)40(33,34)29-25(36-29)20-31(5)27(38-41(7,8)30(2,3)4)19-18-26-32(6,39-31)21-35-28(37-26)23-12-10-9-11-13-23/h9-19,25-29H,20-21H2,1-8H3/t25?,26-,27+,28+,29?,31-,32+/m0/s1. The van der Waals surface area contributed by atoms with E-state index in [2.05, 4.69) is 39.9 Å². The Morgan fingerprint density at radius 3 is 2.27 bits per heavy atom. The van der Waals surface area contributed by atoms with E-state index >= 15 is 0 Å². The molecular formula is C32H44O7SSi. The zero-order valence-corrected chi connectivity index (χ0v) is 27.2. The fourth-order valence-corrected chi connectivity index (χ4v) is 8.26. The maximum absolute atomic E-state index is 13.4. The average molecular weight is 601 g/mol. The van der Waals surface area contributed by atoms with Gasteiger partial charge < -0.3 is 23.4 Å². The normalized spacial score (nSPS) is 34.1. The minimum Gasteiger partial charge on any atom is -0.408 e. The minimum atomic E-state index is -3.65. The number of hydrogen-bond acceptors (Lipinski definition) is 7. The molecule has 0 spiro atoms. The highest BCUT2D eigenvalue weighted by Crippen LogP contribution is 2.48. The molecule has 0 bridgehead atoms. The second-order valence-corrected chi connectivity index (χ2v) is 20.4. The minimum absolute atomic E-state index is 0.0316. The number of sulfone groups is 1. The van der Waals surface area contributed by atoms with Gasteiger partial charge in [-0.2, -0.15) is 0 Å². The zero-order chi connectivity index (χ0) is 29.8. The Morgan fingerprint density at radius 2 is 1.63 bits per heavy atom. The molecule has 41 heavy (non-hydrogen) atoms. The topological polar surface area (TPSA) is 83.6 Å². The molecule has 0 radical (unpaired) electrons. The Kier molecular flexibility index (Phi) is 7.98. The molecule has 3 aliphatic heterocycles. The van der Waals surface area contributed by atoms with Gasteiger partial charge in [0.05, 0.1) is 23.2 Å². The average Bonchev–Trinajstić information content (AvgIpc) is 3.67. The SMILES string of the molecule is Cc1ccc(S(=O)(=O)C2OC2C[C@]2(C)O[C@]3(C)CO[C@@H](c4ccccc4)O[C@H]3C=C[C@H]2O[Si](C)(C)C(C)(C)C)cc1. The summed E-state index contributed by atoms with van der Waals surface area (Å²) >= 11 is 0. The first-order chi connectivity index (χ1) is 19.0. The van der Waals surface area contributed by atoms with Crippen molar-refractivity contribution in [2.24, 2.45) is 0 Å². The van der Waals surface area contributed by atoms with Crippen molar-refractivity contribution in [1.29, 1.82) is 0 Å². The lowest BCUT2D eigenvalue weighted by Gasteiger charge is -2.49. The molecule has 0 N–H and O–H groups in total. The maximum atomic E-state index is 13.4. The van der Waals surface area contributed by atoms with Gasteiger partial charge in [0.25, 0.3) is 0 Å². The molecule has 2 unspecified atom stereocenters. The Hall–Kier alpha value is -1.85. The van der Waals surface area contributed by atoms with E-state index in [1.165, 1.54) is 0 Å². The molecule has 0 aromatic heterocycles. The number of aryl methyl sites for hydroxylation is 1. The number of ether oxygens (including phenoxy) is 4. The largest absolute Gasteiger partial charge is 0.408 e. The van der Waals surface area contributed by atoms with E-state index in [9.17, 15) is 8.42 Å². The first-order valence-electron chi connectivity index (χ1n) is 14.4. The van der Waals surface area contributed by atoms with E-state index in [0.29, 0.717) is 13.0 Å². The molecule has 0 aliphatic carbocycles. The van der Waals surface area contributed by atoms with Crippen molar-refractivity contribution in [3.63, 3.8) is 0 Å². The summed E-state index contributed by atoms with van der Waals surface area (Å²) in [6.45, 7) is 17.3. The molecule has 5 rings (SSSR count).